The van der Waals surface area contributed by atoms with Gasteiger partial charge in [0, 0.05) is 85.9 Å². The highest BCUT2D eigenvalue weighted by atomic mass is 79.9. The number of aliphatic hydroxyl groups is 1. The van der Waals surface area contributed by atoms with E-state index < -0.39 is 34.1 Å². The fourth-order valence-electron chi connectivity index (χ4n) is 14.8. The summed E-state index contributed by atoms with van der Waals surface area (Å²) < 4.78 is 27.5. The molecule has 4 saturated carbocycles. The van der Waals surface area contributed by atoms with Crippen LogP contribution in [0.5, 0.6) is 23.0 Å². The number of alkyl carbamates (subject to hydrolysis) is 1. The Morgan fingerprint density at radius 3 is 1.08 bits per heavy atom. The van der Waals surface area contributed by atoms with Gasteiger partial charge in [0.25, 0.3) is 0 Å². The number of nitrogens with zero attached hydrogens (tertiary/aromatic N) is 4. The number of rotatable bonds is 5. The summed E-state index contributed by atoms with van der Waals surface area (Å²) in [7, 11) is -3.55. The van der Waals surface area contributed by atoms with Crippen molar-refractivity contribution in [1.82, 2.24) is 25.3 Å². The smallest absolute Gasteiger partial charge is 0.531 e. The third-order valence-electron chi connectivity index (χ3n) is 19.1. The van der Waals surface area contributed by atoms with E-state index in [2.05, 4.69) is 106 Å². The molecule has 0 saturated heterocycles. The maximum atomic E-state index is 11.9. The Morgan fingerprint density at radius 2 is 0.775 bits per heavy atom. The van der Waals surface area contributed by atoms with E-state index in [1.165, 1.54) is 53.5 Å². The van der Waals surface area contributed by atoms with Crippen LogP contribution in [-0.4, -0.2) is 107 Å². The minimum absolute atomic E-state index is 0.0876. The van der Waals surface area contributed by atoms with Crippen LogP contribution in [0, 0.1) is 23.7 Å². The van der Waals surface area contributed by atoms with Crippen molar-refractivity contribution in [3.05, 3.63) is 140 Å². The quantitative estimate of drug-likeness (QED) is 0.0807. The molecule has 0 spiro atoms. The number of hydrogen-bond donors (Lipinski definition) is 6. The van der Waals surface area contributed by atoms with Gasteiger partial charge in [-0.15, -0.1) is 0 Å². The molecular formula is C67H75B4Br2N5O11. The Hall–Kier alpha value is -5.99. The molecule has 4 fully saturated rings. The molecule has 8 aliphatic carbocycles. The topological polar surface area (TPSA) is 228 Å². The first-order valence-electron chi connectivity index (χ1n) is 31.9. The third-order valence-corrected chi connectivity index (χ3v) is 20.9. The summed E-state index contributed by atoms with van der Waals surface area (Å²) in [5, 5.41) is 52.7. The molecule has 460 valence electrons. The van der Waals surface area contributed by atoms with E-state index >= 15 is 0 Å². The van der Waals surface area contributed by atoms with Crippen molar-refractivity contribution in [3.63, 3.8) is 0 Å². The van der Waals surface area contributed by atoms with Gasteiger partial charge >= 0.3 is 34.6 Å². The Kier molecular flexibility index (Phi) is 18.3. The van der Waals surface area contributed by atoms with Gasteiger partial charge in [0.2, 0.25) is 0 Å². The van der Waals surface area contributed by atoms with Crippen molar-refractivity contribution in [1.29, 1.82) is 0 Å². The number of halogens is 2. The van der Waals surface area contributed by atoms with Gasteiger partial charge in [-0.1, -0.05) is 80.5 Å². The van der Waals surface area contributed by atoms with Gasteiger partial charge in [-0.25, -0.2) is 4.79 Å². The summed E-state index contributed by atoms with van der Waals surface area (Å²) in [5.74, 6) is 11.8. The predicted molar refractivity (Wildman–Crippen MR) is 357 cm³/mol. The Bertz CT molecular complexity index is 3390. The van der Waals surface area contributed by atoms with Crippen LogP contribution in [-0.2, 0) is 30.4 Å². The number of pyridine rings is 4. The van der Waals surface area contributed by atoms with Crippen molar-refractivity contribution < 1.29 is 53.4 Å². The highest BCUT2D eigenvalue weighted by Gasteiger charge is 2.41. The fourth-order valence-corrected chi connectivity index (χ4v) is 15.9. The number of carbonyl (C=O) groups is 1. The monoisotopic (exact) mass is 1330 g/mol. The minimum Gasteiger partial charge on any atom is -0.531 e. The lowest BCUT2D eigenvalue weighted by Gasteiger charge is -2.39. The van der Waals surface area contributed by atoms with Crippen LogP contribution in [0.25, 0.3) is 46.6 Å². The average Bonchev–Trinajstić information content (AvgIpc) is 1.94. The molecule has 16 nitrogen and oxygen atoms in total. The Labute approximate surface area is 539 Å². The normalized spacial score (nSPS) is 25.9. The number of carbonyl (C=O) groups excluding carboxylic acids is 1. The van der Waals surface area contributed by atoms with E-state index in [1.54, 1.807) is 30.8 Å². The molecule has 4 aromatic heterocycles. The van der Waals surface area contributed by atoms with Gasteiger partial charge in [0.05, 0.1) is 53.7 Å². The number of amides is 1. The fraction of sp³-hybridized carbons (Fsp3) is 0.448. The molecule has 16 rings (SSSR count). The molecule has 22 heteroatoms. The van der Waals surface area contributed by atoms with E-state index in [0.29, 0.717) is 38.9 Å². The number of aliphatic hydroxyl groups excluding tert-OH is 1. The van der Waals surface area contributed by atoms with Crippen molar-refractivity contribution in [3.8, 4) is 23.0 Å². The molecule has 0 bridgehead atoms. The number of ether oxygens (including phenoxy) is 1. The first-order valence-corrected chi connectivity index (χ1v) is 33.8. The minimum atomic E-state index is -0.958. The molecule has 89 heavy (non-hydrogen) atoms. The zero-order valence-corrected chi connectivity index (χ0v) is 53.8. The van der Waals surface area contributed by atoms with Gasteiger partial charge in [-0.05, 0) is 181 Å². The number of aromatic nitrogens is 4. The molecule has 4 aromatic rings. The molecule has 6 N–H and O–H groups in total. The van der Waals surface area contributed by atoms with Crippen LogP contribution in [0.15, 0.2) is 73.0 Å². The van der Waals surface area contributed by atoms with Crippen molar-refractivity contribution >= 4 is 113 Å². The highest BCUT2D eigenvalue weighted by molar-refractivity contribution is 9.09. The highest BCUT2D eigenvalue weighted by Crippen LogP contribution is 2.50. The van der Waals surface area contributed by atoms with E-state index in [4.69, 9.17) is 23.4 Å². The van der Waals surface area contributed by atoms with Crippen LogP contribution < -0.4 is 23.9 Å². The van der Waals surface area contributed by atoms with Gasteiger partial charge in [0.15, 0.2) is 0 Å². The Balaban J connectivity index is 0.000000110. The number of nitrogens with one attached hydrogen (secondary N) is 1. The number of allylic oxidation sites excluding steroid dienone is 8. The van der Waals surface area contributed by atoms with Gasteiger partial charge < -0.3 is 53.9 Å². The maximum absolute atomic E-state index is 11.9. The van der Waals surface area contributed by atoms with Gasteiger partial charge in [-0.3, -0.25) is 19.9 Å². The van der Waals surface area contributed by atoms with Crippen LogP contribution >= 0.6 is 31.9 Å². The lowest BCUT2D eigenvalue weighted by Crippen LogP contribution is -2.46. The lowest BCUT2D eigenvalue weighted by molar-refractivity contribution is 0.0466. The summed E-state index contributed by atoms with van der Waals surface area (Å²) in [6.07, 6.45) is 41.5. The zero-order valence-electron chi connectivity index (χ0n) is 50.6. The lowest BCUT2D eigenvalue weighted by atomic mass is 9.68. The third kappa shape index (κ3) is 13.5. The SMILES string of the molecule is CC(C)(C)OC(=O)NC1CC(C2=CB(O)Oc3cnc4c(c32)C=CC4)C1.OB1C=C(C2CCC(Br)CC2)c2c(cnc3c2C=CC3)O1.OB1C=C(C2CCC(Br)CC2)c2c(cnc3c2C=CC3)O1.OB1C=C(C2CCC(O)CC2)c2c(cnc3c2C=CC3)O1. The van der Waals surface area contributed by atoms with Crippen molar-refractivity contribution in [2.75, 3.05) is 0 Å². The molecule has 4 aliphatic heterocycles. The van der Waals surface area contributed by atoms with Gasteiger partial charge in [0.1, 0.15) is 28.6 Å². The first kappa shape index (κ1) is 61.8. The molecular weight excluding hydrogens is 1250 g/mol. The summed E-state index contributed by atoms with van der Waals surface area (Å²) in [5.41, 5.74) is 17.7. The number of fused-ring (bicyclic) bond motifs is 12. The average molecular weight is 1330 g/mol. The molecule has 8 heterocycles. The molecule has 0 aromatic carbocycles. The summed E-state index contributed by atoms with van der Waals surface area (Å²) in [6.45, 7) is 5.55. The number of alkyl halides is 2. The summed E-state index contributed by atoms with van der Waals surface area (Å²) in [4.78, 5) is 31.0. The molecule has 0 unspecified atom stereocenters. The molecule has 1 amide bonds. The first-order chi connectivity index (χ1) is 43.0. The second kappa shape index (κ2) is 26.3. The van der Waals surface area contributed by atoms with E-state index in [0.717, 1.165) is 163 Å². The molecule has 0 atom stereocenters. The van der Waals surface area contributed by atoms with Crippen LogP contribution in [0.1, 0.15) is 178 Å². The number of hydrogen-bond acceptors (Lipinski definition) is 15. The van der Waals surface area contributed by atoms with E-state index in [9.17, 15) is 30.0 Å². The maximum Gasteiger partial charge on any atom is 0.552 e. The standard InChI is InChI=1S/C19H23BN2O4.2C16H17BBrNO2.C16H18BNO3/c1-19(2,3)25-18(23)22-12-7-11(8-12)14-9-20(24)26-16-10-21-15-6-4-5-13(15)17(14)16;2*18-11-6-4-10(5-7-11)13-8-17(20)21-15-9-19-14-3-1-2-12(14)16(13)15;19-11-6-4-10(5-7-11)13-8-17(20)21-15-9-18-14-3-1-2-12(14)16(13)15/h4-5,9-12,24H,6-8H2,1-3H3,(H,22,23);2*1-2,8-11,20H,3-7H2;1-2,8-11,19-20H,3-7H2. The largest absolute Gasteiger partial charge is 0.552 e. The van der Waals surface area contributed by atoms with Crippen molar-refractivity contribution in [2.24, 2.45) is 23.7 Å². The predicted octanol–water partition coefficient (Wildman–Crippen LogP) is 11.5. The van der Waals surface area contributed by atoms with Crippen molar-refractivity contribution in [2.45, 2.75) is 164 Å². The molecule has 12 aliphatic rings. The van der Waals surface area contributed by atoms with Crippen LogP contribution in [0.4, 0.5) is 4.79 Å². The zero-order chi connectivity index (χ0) is 61.7. The van der Waals surface area contributed by atoms with Crippen LogP contribution in [0.3, 0.4) is 0 Å². The van der Waals surface area contributed by atoms with Gasteiger partial charge in [-0.2, -0.15) is 0 Å². The van der Waals surface area contributed by atoms with E-state index in [-0.39, 0.29) is 24.2 Å². The second-order valence-electron chi connectivity index (χ2n) is 26.3. The Morgan fingerprint density at radius 1 is 0.483 bits per heavy atom. The second-order valence-corrected chi connectivity index (χ2v) is 28.9. The van der Waals surface area contributed by atoms with Crippen LogP contribution in [0.2, 0.25) is 0 Å². The molecule has 0 radical (unpaired) electrons. The van der Waals surface area contributed by atoms with E-state index in [1.807, 2.05) is 38.7 Å². The summed E-state index contributed by atoms with van der Waals surface area (Å²) >= 11 is 7.44. The summed E-state index contributed by atoms with van der Waals surface area (Å²) in [6, 6.07) is 0.0876.